The highest BCUT2D eigenvalue weighted by atomic mass is 16.4. The van der Waals surface area contributed by atoms with Gasteiger partial charge < -0.3 is 15.4 Å². The second-order valence-electron chi connectivity index (χ2n) is 5.29. The van der Waals surface area contributed by atoms with Crippen LogP contribution in [0.2, 0.25) is 0 Å². The van der Waals surface area contributed by atoms with Crippen LogP contribution in [0.5, 0.6) is 0 Å². The first-order valence-electron chi connectivity index (χ1n) is 6.76. The zero-order valence-electron chi connectivity index (χ0n) is 11.5. The van der Waals surface area contributed by atoms with Crippen molar-refractivity contribution >= 4 is 5.97 Å². The number of carboxylic acids is 1. The molecule has 1 aromatic heterocycles. The van der Waals surface area contributed by atoms with Gasteiger partial charge in [-0.2, -0.15) is 0 Å². The molecule has 0 amide bonds. The fraction of sp³-hybridized carbons (Fsp3) is 0.357. The fourth-order valence-electron chi connectivity index (χ4n) is 2.62. The molecule has 21 heavy (non-hydrogen) atoms. The van der Waals surface area contributed by atoms with Gasteiger partial charge >= 0.3 is 5.97 Å². The topological polar surface area (TPSA) is 97.3 Å². The molecule has 1 unspecified atom stereocenters. The molecule has 1 aliphatic heterocycles. The minimum Gasteiger partial charge on any atom is -0.480 e. The van der Waals surface area contributed by atoms with Gasteiger partial charge in [0.2, 0.25) is 0 Å². The van der Waals surface area contributed by atoms with Crippen LogP contribution in [0.3, 0.4) is 0 Å². The summed E-state index contributed by atoms with van der Waals surface area (Å²) in [6.45, 7) is 2.26. The third-order valence-electron chi connectivity index (χ3n) is 3.86. The van der Waals surface area contributed by atoms with Crippen LogP contribution in [0.1, 0.15) is 11.4 Å². The Morgan fingerprint density at radius 1 is 1.33 bits per heavy atom. The van der Waals surface area contributed by atoms with Crippen LogP contribution >= 0.6 is 0 Å². The van der Waals surface area contributed by atoms with Gasteiger partial charge in [-0.05, 0) is 5.56 Å². The molecule has 0 saturated carbocycles. The molecular weight excluding hydrogens is 270 g/mol. The van der Waals surface area contributed by atoms with E-state index in [0.29, 0.717) is 12.1 Å². The summed E-state index contributed by atoms with van der Waals surface area (Å²) in [5.74, 6) is -0.192. The molecule has 2 aromatic rings. The van der Waals surface area contributed by atoms with Gasteiger partial charge in [-0.3, -0.25) is 4.90 Å². The van der Waals surface area contributed by atoms with Crippen molar-refractivity contribution in [2.45, 2.75) is 18.6 Å². The molecule has 7 heteroatoms. The van der Waals surface area contributed by atoms with E-state index in [9.17, 15) is 9.90 Å². The maximum atomic E-state index is 11.7. The number of fused-ring (bicyclic) bond motifs is 1. The number of hydrogen-bond donors (Lipinski definition) is 2. The van der Waals surface area contributed by atoms with Gasteiger partial charge in [0.25, 0.3) is 0 Å². The summed E-state index contributed by atoms with van der Waals surface area (Å²) in [4.78, 5) is 13.7. The van der Waals surface area contributed by atoms with E-state index in [1.807, 2.05) is 15.5 Å². The Bertz CT molecular complexity index is 642. The van der Waals surface area contributed by atoms with Gasteiger partial charge in [-0.25, -0.2) is 4.79 Å². The molecule has 2 heterocycles. The quantitative estimate of drug-likeness (QED) is 0.823. The summed E-state index contributed by atoms with van der Waals surface area (Å²) in [7, 11) is 0. The van der Waals surface area contributed by atoms with E-state index in [-0.39, 0.29) is 6.54 Å². The Balaban J connectivity index is 1.82. The van der Waals surface area contributed by atoms with E-state index in [1.54, 1.807) is 30.6 Å². The summed E-state index contributed by atoms with van der Waals surface area (Å²) in [5, 5.41) is 17.5. The molecule has 0 fully saturated rings. The fourth-order valence-corrected chi connectivity index (χ4v) is 2.62. The number of aromatic nitrogens is 3. The molecule has 3 rings (SSSR count). The van der Waals surface area contributed by atoms with Gasteiger partial charge in [-0.1, -0.05) is 30.3 Å². The molecule has 3 N–H and O–H groups in total. The van der Waals surface area contributed by atoms with Gasteiger partial charge in [0, 0.05) is 19.6 Å². The zero-order chi connectivity index (χ0) is 14.9. The summed E-state index contributed by atoms with van der Waals surface area (Å²) >= 11 is 0. The molecule has 0 radical (unpaired) electrons. The highest BCUT2D eigenvalue weighted by molar-refractivity contribution is 5.80. The minimum absolute atomic E-state index is 0.235. The lowest BCUT2D eigenvalue weighted by Crippen LogP contribution is -2.54. The number of hydrogen-bond acceptors (Lipinski definition) is 5. The molecule has 0 aliphatic carbocycles. The van der Waals surface area contributed by atoms with Crippen LogP contribution < -0.4 is 5.73 Å². The highest BCUT2D eigenvalue weighted by Crippen LogP contribution is 2.22. The molecule has 1 aromatic carbocycles. The Morgan fingerprint density at radius 2 is 2.10 bits per heavy atom. The first kappa shape index (κ1) is 13.7. The van der Waals surface area contributed by atoms with Crippen molar-refractivity contribution in [2.75, 3.05) is 13.1 Å². The van der Waals surface area contributed by atoms with Crippen LogP contribution in [0.25, 0.3) is 0 Å². The summed E-state index contributed by atoms with van der Waals surface area (Å²) in [6.07, 6.45) is 1.69. The predicted octanol–water partition coefficient (Wildman–Crippen LogP) is 0.0325. The third kappa shape index (κ3) is 2.53. The lowest BCUT2D eigenvalue weighted by Gasteiger charge is -2.34. The van der Waals surface area contributed by atoms with Crippen LogP contribution in [0.4, 0.5) is 0 Å². The van der Waals surface area contributed by atoms with Gasteiger partial charge in [0.1, 0.15) is 12.2 Å². The van der Waals surface area contributed by atoms with Crippen LogP contribution in [0, 0.1) is 0 Å². The number of benzene rings is 1. The van der Waals surface area contributed by atoms with Crippen molar-refractivity contribution in [3.05, 3.63) is 48.0 Å². The molecule has 7 nitrogen and oxygen atoms in total. The first-order valence-corrected chi connectivity index (χ1v) is 6.76. The van der Waals surface area contributed by atoms with E-state index < -0.39 is 11.5 Å². The summed E-state index contributed by atoms with van der Waals surface area (Å²) in [5.41, 5.74) is 5.38. The standard InChI is InChI=1S/C14H17N5O2/c15-14(13(20)21,11-4-2-1-3-5-11)9-18-6-7-19-10-16-17-12(19)8-18/h1-5,10H,6-9,15H2,(H,20,21). The maximum Gasteiger partial charge on any atom is 0.329 e. The molecular formula is C14H17N5O2. The molecule has 1 aliphatic rings. The lowest BCUT2D eigenvalue weighted by atomic mass is 9.90. The van der Waals surface area contributed by atoms with Crippen LogP contribution in [-0.4, -0.2) is 43.8 Å². The Kier molecular flexibility index (Phi) is 3.44. The zero-order valence-corrected chi connectivity index (χ0v) is 11.5. The van der Waals surface area contributed by atoms with Crippen molar-refractivity contribution < 1.29 is 9.90 Å². The Labute approximate surface area is 122 Å². The monoisotopic (exact) mass is 287 g/mol. The smallest absolute Gasteiger partial charge is 0.329 e. The second-order valence-corrected chi connectivity index (χ2v) is 5.29. The van der Waals surface area contributed by atoms with Crippen molar-refractivity contribution in [3.63, 3.8) is 0 Å². The van der Waals surface area contributed by atoms with E-state index in [0.717, 1.165) is 18.9 Å². The Hall–Kier alpha value is -2.25. The van der Waals surface area contributed by atoms with E-state index >= 15 is 0 Å². The number of carbonyl (C=O) groups is 1. The SMILES string of the molecule is NC(CN1CCn2cnnc2C1)(C(=O)O)c1ccccc1. The molecule has 0 spiro atoms. The first-order chi connectivity index (χ1) is 10.1. The van der Waals surface area contributed by atoms with Crippen LogP contribution in [-0.2, 0) is 23.4 Å². The minimum atomic E-state index is -1.43. The predicted molar refractivity (Wildman–Crippen MR) is 75.2 cm³/mol. The molecule has 0 bridgehead atoms. The third-order valence-corrected chi connectivity index (χ3v) is 3.86. The van der Waals surface area contributed by atoms with Crippen molar-refractivity contribution in [1.82, 2.24) is 19.7 Å². The number of carboxylic acid groups (broad SMARTS) is 1. The van der Waals surface area contributed by atoms with Gasteiger partial charge in [0.05, 0.1) is 6.54 Å². The van der Waals surface area contributed by atoms with Crippen molar-refractivity contribution in [1.29, 1.82) is 0 Å². The van der Waals surface area contributed by atoms with Gasteiger partial charge in [0.15, 0.2) is 5.54 Å². The molecule has 110 valence electrons. The number of aliphatic carboxylic acids is 1. The largest absolute Gasteiger partial charge is 0.480 e. The number of rotatable bonds is 4. The van der Waals surface area contributed by atoms with E-state index in [2.05, 4.69) is 10.2 Å². The van der Waals surface area contributed by atoms with Gasteiger partial charge in [-0.15, -0.1) is 10.2 Å². The average molecular weight is 287 g/mol. The summed E-state index contributed by atoms with van der Waals surface area (Å²) < 4.78 is 1.97. The molecule has 1 atom stereocenters. The van der Waals surface area contributed by atoms with Crippen molar-refractivity contribution in [3.8, 4) is 0 Å². The average Bonchev–Trinajstić information content (AvgIpc) is 2.95. The maximum absolute atomic E-state index is 11.7. The Morgan fingerprint density at radius 3 is 2.81 bits per heavy atom. The normalized spacial score (nSPS) is 18.0. The van der Waals surface area contributed by atoms with Crippen LogP contribution in [0.15, 0.2) is 36.7 Å². The highest BCUT2D eigenvalue weighted by Gasteiger charge is 2.38. The summed E-state index contributed by atoms with van der Waals surface area (Å²) in [6, 6.07) is 8.94. The molecule has 0 saturated heterocycles. The number of nitrogens with two attached hydrogens (primary N) is 1. The second kappa shape index (κ2) is 5.27. The van der Waals surface area contributed by atoms with Crippen molar-refractivity contribution in [2.24, 2.45) is 5.73 Å². The van der Waals surface area contributed by atoms with E-state index in [4.69, 9.17) is 5.73 Å². The number of nitrogens with zero attached hydrogens (tertiary/aromatic N) is 4. The van der Waals surface area contributed by atoms with E-state index in [1.165, 1.54) is 0 Å². The lowest BCUT2D eigenvalue weighted by molar-refractivity contribution is -0.144.